The first kappa shape index (κ1) is 22.4. The fourth-order valence-electron chi connectivity index (χ4n) is 5.14. The Morgan fingerprint density at radius 3 is 2.77 bits per heavy atom. The molecule has 4 nitrogen and oxygen atoms in total. The number of hydrogen-bond donors (Lipinski definition) is 2. The number of allylic oxidation sites excluding steroid dienone is 3. The molecule has 7 heteroatoms. The van der Waals surface area contributed by atoms with Crippen molar-refractivity contribution in [2.45, 2.75) is 43.7 Å². The van der Waals surface area contributed by atoms with E-state index in [4.69, 9.17) is 4.74 Å². The summed E-state index contributed by atoms with van der Waals surface area (Å²) in [6, 6.07) is 4.19. The van der Waals surface area contributed by atoms with E-state index in [1.165, 1.54) is 12.1 Å². The number of hydrogen-bond acceptors (Lipinski definition) is 4. The molecular formula is C24H32F3N3O. The van der Waals surface area contributed by atoms with Crippen molar-refractivity contribution in [1.82, 2.24) is 10.2 Å². The molecule has 0 saturated carbocycles. The smallest absolute Gasteiger partial charge is 0.381 e. The first-order valence-electron chi connectivity index (χ1n) is 11.2. The molecule has 0 amide bonds. The third-order valence-corrected chi connectivity index (χ3v) is 6.75. The number of ether oxygens (including phenoxy) is 1. The van der Waals surface area contributed by atoms with Crippen molar-refractivity contribution in [1.29, 1.82) is 0 Å². The molecule has 1 aromatic rings. The molecule has 0 bridgehead atoms. The van der Waals surface area contributed by atoms with Crippen LogP contribution in [0.3, 0.4) is 0 Å². The van der Waals surface area contributed by atoms with Gasteiger partial charge in [0.1, 0.15) is 0 Å². The number of fused-ring (bicyclic) bond motifs is 3. The maximum Gasteiger partial charge on any atom is 0.416 e. The predicted octanol–water partition coefficient (Wildman–Crippen LogP) is 4.62. The zero-order valence-electron chi connectivity index (χ0n) is 18.2. The fourth-order valence-corrected chi connectivity index (χ4v) is 5.14. The maximum absolute atomic E-state index is 13.4. The van der Waals surface area contributed by atoms with Crippen LogP contribution in [-0.2, 0) is 10.9 Å². The van der Waals surface area contributed by atoms with Gasteiger partial charge in [-0.3, -0.25) is 0 Å². The van der Waals surface area contributed by atoms with Crippen LogP contribution in [0, 0.1) is 11.8 Å². The number of halogens is 3. The van der Waals surface area contributed by atoms with Crippen molar-refractivity contribution in [2.75, 3.05) is 39.0 Å². The average Bonchev–Trinajstić information content (AvgIpc) is 2.76. The molecule has 31 heavy (non-hydrogen) atoms. The van der Waals surface area contributed by atoms with Gasteiger partial charge < -0.3 is 20.3 Å². The third kappa shape index (κ3) is 4.99. The molecule has 0 radical (unpaired) electrons. The molecule has 2 N–H and O–H groups in total. The zero-order chi connectivity index (χ0) is 22.0. The normalized spacial score (nSPS) is 30.1. The van der Waals surface area contributed by atoms with Crippen molar-refractivity contribution in [3.05, 3.63) is 53.6 Å². The molecule has 1 fully saturated rings. The lowest BCUT2D eigenvalue weighted by Gasteiger charge is -2.48. The van der Waals surface area contributed by atoms with E-state index >= 15 is 0 Å². The molecule has 1 unspecified atom stereocenters. The second-order valence-electron chi connectivity index (χ2n) is 8.97. The maximum atomic E-state index is 13.4. The molecular weight excluding hydrogens is 403 g/mol. The van der Waals surface area contributed by atoms with E-state index in [0.717, 1.165) is 44.6 Å². The van der Waals surface area contributed by atoms with Crippen LogP contribution in [0.5, 0.6) is 0 Å². The molecule has 1 aliphatic carbocycles. The van der Waals surface area contributed by atoms with Crippen LogP contribution >= 0.6 is 0 Å². The Balaban J connectivity index is 1.60. The van der Waals surface area contributed by atoms with Gasteiger partial charge in [-0.1, -0.05) is 24.3 Å². The minimum atomic E-state index is -4.36. The Kier molecular flexibility index (Phi) is 6.74. The molecule has 5 atom stereocenters. The van der Waals surface area contributed by atoms with E-state index in [9.17, 15) is 13.2 Å². The van der Waals surface area contributed by atoms with Gasteiger partial charge in [0.15, 0.2) is 0 Å². The largest absolute Gasteiger partial charge is 0.416 e. The highest BCUT2D eigenvalue weighted by Crippen LogP contribution is 2.49. The standard InChI is InChI=1S/C24H32F3N3O/c1-28-12-13-30(2)15-18-9-10-19-22(16-6-4-3-5-7-16)29-21-11-8-17(24(25,26)27)14-20(21)23(19)31-18/h3-6,8,11,14,16,18-19,22-23,28-29H,7,9-10,12-13,15H2,1-2H3/t16?,18-,19+,22+,23+/m1/s1. The summed E-state index contributed by atoms with van der Waals surface area (Å²) in [6.45, 7) is 2.58. The van der Waals surface area contributed by atoms with Gasteiger partial charge in [-0.25, -0.2) is 0 Å². The molecule has 1 aromatic carbocycles. The van der Waals surface area contributed by atoms with E-state index in [-0.39, 0.29) is 24.2 Å². The van der Waals surface area contributed by atoms with Crippen molar-refractivity contribution in [3.63, 3.8) is 0 Å². The third-order valence-electron chi connectivity index (χ3n) is 6.75. The van der Waals surface area contributed by atoms with Crippen LogP contribution in [0.4, 0.5) is 18.9 Å². The number of anilines is 1. The van der Waals surface area contributed by atoms with E-state index in [1.807, 2.05) is 7.05 Å². The Labute approximate surface area is 182 Å². The number of benzene rings is 1. The number of likely N-dealkylation sites (N-methyl/N-ethyl adjacent to an activating group) is 2. The van der Waals surface area contributed by atoms with Crippen LogP contribution in [0.2, 0.25) is 0 Å². The molecule has 3 aliphatic rings. The summed E-state index contributed by atoms with van der Waals surface area (Å²) < 4.78 is 46.8. The lowest BCUT2D eigenvalue weighted by molar-refractivity contribution is -0.138. The van der Waals surface area contributed by atoms with Crippen molar-refractivity contribution >= 4 is 5.69 Å². The Bertz CT molecular complexity index is 823. The molecule has 4 rings (SSSR count). The van der Waals surface area contributed by atoms with Gasteiger partial charge in [-0.05, 0) is 51.6 Å². The number of nitrogens with zero attached hydrogens (tertiary/aromatic N) is 1. The summed E-state index contributed by atoms with van der Waals surface area (Å²) in [5, 5.41) is 6.72. The molecule has 1 saturated heterocycles. The van der Waals surface area contributed by atoms with Gasteiger partial charge in [0, 0.05) is 48.8 Å². The Morgan fingerprint density at radius 1 is 1.23 bits per heavy atom. The zero-order valence-corrected chi connectivity index (χ0v) is 18.2. The van der Waals surface area contributed by atoms with E-state index < -0.39 is 11.7 Å². The van der Waals surface area contributed by atoms with E-state index in [2.05, 4.69) is 46.9 Å². The average molecular weight is 436 g/mol. The summed E-state index contributed by atoms with van der Waals surface area (Å²) in [5.74, 6) is 0.461. The monoisotopic (exact) mass is 435 g/mol. The van der Waals surface area contributed by atoms with Crippen LogP contribution in [0.1, 0.15) is 36.5 Å². The SMILES string of the molecule is CNCCN(C)C[C@H]1CC[C@@H]2[C@H](O1)c1cc(C(F)(F)F)ccc1N[C@H]2C1C=CC=CC1. The van der Waals surface area contributed by atoms with E-state index in [0.29, 0.717) is 11.5 Å². The van der Waals surface area contributed by atoms with Crippen LogP contribution in [0.15, 0.2) is 42.5 Å². The second-order valence-corrected chi connectivity index (χ2v) is 8.97. The van der Waals surface area contributed by atoms with Gasteiger partial charge in [0.05, 0.1) is 17.8 Å². The quantitative estimate of drug-likeness (QED) is 0.684. The van der Waals surface area contributed by atoms with Crippen LogP contribution < -0.4 is 10.6 Å². The summed E-state index contributed by atoms with van der Waals surface area (Å²) >= 11 is 0. The molecule has 2 heterocycles. The Hall–Kier alpha value is -1.83. The van der Waals surface area contributed by atoms with Gasteiger partial charge in [-0.2, -0.15) is 13.2 Å². The first-order valence-corrected chi connectivity index (χ1v) is 11.2. The first-order chi connectivity index (χ1) is 14.9. The highest BCUT2D eigenvalue weighted by Gasteiger charge is 2.45. The lowest BCUT2D eigenvalue weighted by atomic mass is 9.73. The van der Waals surface area contributed by atoms with Crippen molar-refractivity contribution in [2.24, 2.45) is 11.8 Å². The number of nitrogens with one attached hydrogen (secondary N) is 2. The highest BCUT2D eigenvalue weighted by molar-refractivity contribution is 5.58. The van der Waals surface area contributed by atoms with Crippen molar-refractivity contribution in [3.8, 4) is 0 Å². The summed E-state index contributed by atoms with van der Waals surface area (Å²) in [4.78, 5) is 2.22. The van der Waals surface area contributed by atoms with Gasteiger partial charge >= 0.3 is 6.18 Å². The minimum Gasteiger partial charge on any atom is -0.381 e. The van der Waals surface area contributed by atoms with Gasteiger partial charge in [0.25, 0.3) is 0 Å². The molecule has 0 spiro atoms. The summed E-state index contributed by atoms with van der Waals surface area (Å²) in [6.07, 6.45) is 6.62. The van der Waals surface area contributed by atoms with Crippen LogP contribution in [0.25, 0.3) is 0 Å². The topological polar surface area (TPSA) is 36.5 Å². The number of alkyl halides is 3. The number of rotatable bonds is 6. The predicted molar refractivity (Wildman–Crippen MR) is 117 cm³/mol. The lowest BCUT2D eigenvalue weighted by Crippen LogP contribution is -2.48. The van der Waals surface area contributed by atoms with Crippen LogP contribution in [-0.4, -0.2) is 50.8 Å². The van der Waals surface area contributed by atoms with E-state index in [1.54, 1.807) is 6.07 Å². The van der Waals surface area contributed by atoms with Gasteiger partial charge in [-0.15, -0.1) is 0 Å². The molecule has 0 aromatic heterocycles. The summed E-state index contributed by atoms with van der Waals surface area (Å²) in [7, 11) is 3.99. The second kappa shape index (κ2) is 9.35. The molecule has 2 aliphatic heterocycles. The molecule has 170 valence electrons. The minimum absolute atomic E-state index is 0.0195. The highest BCUT2D eigenvalue weighted by atomic mass is 19.4. The van der Waals surface area contributed by atoms with Gasteiger partial charge in [0.2, 0.25) is 0 Å². The fraction of sp³-hybridized carbons (Fsp3) is 0.583. The Morgan fingerprint density at radius 2 is 2.06 bits per heavy atom. The summed E-state index contributed by atoms with van der Waals surface area (Å²) in [5.41, 5.74) is 0.808. The van der Waals surface area contributed by atoms with Crippen molar-refractivity contribution < 1.29 is 17.9 Å².